The summed E-state index contributed by atoms with van der Waals surface area (Å²) in [5.41, 5.74) is 0. The summed E-state index contributed by atoms with van der Waals surface area (Å²) in [4.78, 5) is 18.3. The van der Waals surface area contributed by atoms with Gasteiger partial charge in [-0.05, 0) is 25.7 Å². The van der Waals surface area contributed by atoms with Crippen molar-refractivity contribution in [3.05, 3.63) is 16.6 Å². The van der Waals surface area contributed by atoms with Crippen molar-refractivity contribution in [3.63, 3.8) is 0 Å². The average molecular weight is 295 g/mol. The molecule has 2 atom stereocenters. The van der Waals surface area contributed by atoms with Gasteiger partial charge in [0.05, 0.1) is 17.2 Å². The van der Waals surface area contributed by atoms with Gasteiger partial charge in [-0.1, -0.05) is 0 Å². The number of carbonyl (C=O) groups excluding carboxylic acids is 1. The molecule has 3 rings (SSSR count). The van der Waals surface area contributed by atoms with Crippen molar-refractivity contribution in [2.45, 2.75) is 38.4 Å². The molecular weight excluding hydrogens is 274 g/mol. The predicted molar refractivity (Wildman–Crippen MR) is 77.8 cm³/mol. The first-order valence-electron chi connectivity index (χ1n) is 7.29. The SMILES string of the molecule is C[C@H]1CN(C(=O)NCCc2nccs2)C[C@H](C2CC2)O1. The first-order chi connectivity index (χ1) is 9.72. The second-order valence-electron chi connectivity index (χ2n) is 5.64. The molecule has 2 amide bonds. The van der Waals surface area contributed by atoms with Gasteiger partial charge in [0.1, 0.15) is 0 Å². The fourth-order valence-electron chi connectivity index (χ4n) is 2.65. The van der Waals surface area contributed by atoms with Gasteiger partial charge in [0, 0.05) is 37.6 Å². The minimum Gasteiger partial charge on any atom is -0.371 e. The molecule has 5 nitrogen and oxygen atoms in total. The highest BCUT2D eigenvalue weighted by atomic mass is 32.1. The van der Waals surface area contributed by atoms with Gasteiger partial charge in [0.2, 0.25) is 0 Å². The van der Waals surface area contributed by atoms with Crippen LogP contribution in [0.25, 0.3) is 0 Å². The number of carbonyl (C=O) groups is 1. The summed E-state index contributed by atoms with van der Waals surface area (Å²) >= 11 is 1.63. The number of ether oxygens (including phenoxy) is 1. The molecule has 1 aromatic heterocycles. The van der Waals surface area contributed by atoms with Crippen LogP contribution in [0.3, 0.4) is 0 Å². The van der Waals surface area contributed by atoms with E-state index in [0.29, 0.717) is 19.0 Å². The van der Waals surface area contributed by atoms with Crippen LogP contribution in [0.15, 0.2) is 11.6 Å². The van der Waals surface area contributed by atoms with Crippen molar-refractivity contribution in [2.75, 3.05) is 19.6 Å². The van der Waals surface area contributed by atoms with Crippen LogP contribution in [0.1, 0.15) is 24.8 Å². The van der Waals surface area contributed by atoms with E-state index in [1.165, 1.54) is 12.8 Å². The minimum absolute atomic E-state index is 0.0300. The molecule has 0 aromatic carbocycles. The Morgan fingerprint density at radius 2 is 2.40 bits per heavy atom. The number of nitrogens with one attached hydrogen (secondary N) is 1. The Balaban J connectivity index is 1.45. The standard InChI is InChI=1S/C14H21N3O2S/c1-10-8-17(9-12(19-10)11-2-3-11)14(18)16-5-4-13-15-6-7-20-13/h6-7,10-12H,2-5,8-9H2,1H3,(H,16,18)/t10-,12+/m0/s1. The van der Waals surface area contributed by atoms with Gasteiger partial charge in [-0.2, -0.15) is 0 Å². The Labute approximate surface area is 123 Å². The van der Waals surface area contributed by atoms with Crippen LogP contribution in [0.2, 0.25) is 0 Å². The maximum atomic E-state index is 12.2. The lowest BCUT2D eigenvalue weighted by atomic mass is 10.1. The van der Waals surface area contributed by atoms with Crippen molar-refractivity contribution >= 4 is 17.4 Å². The highest BCUT2D eigenvalue weighted by molar-refractivity contribution is 7.09. The summed E-state index contributed by atoms with van der Waals surface area (Å²) in [6, 6.07) is 0.0300. The van der Waals surface area contributed by atoms with Crippen LogP contribution in [0, 0.1) is 5.92 Å². The zero-order chi connectivity index (χ0) is 13.9. The van der Waals surface area contributed by atoms with Crippen molar-refractivity contribution in [1.82, 2.24) is 15.2 Å². The highest BCUT2D eigenvalue weighted by Gasteiger charge is 2.38. The second-order valence-corrected chi connectivity index (χ2v) is 6.61. The first kappa shape index (κ1) is 13.8. The number of amides is 2. The summed E-state index contributed by atoms with van der Waals surface area (Å²) < 4.78 is 5.92. The van der Waals surface area contributed by atoms with Crippen molar-refractivity contribution in [1.29, 1.82) is 0 Å². The minimum atomic E-state index is 0.0300. The smallest absolute Gasteiger partial charge is 0.317 e. The van der Waals surface area contributed by atoms with Crippen LogP contribution < -0.4 is 5.32 Å². The molecular formula is C14H21N3O2S. The summed E-state index contributed by atoms with van der Waals surface area (Å²) in [6.45, 7) is 4.11. The molecule has 20 heavy (non-hydrogen) atoms. The Morgan fingerprint density at radius 1 is 1.55 bits per heavy atom. The third kappa shape index (κ3) is 3.49. The van der Waals surface area contributed by atoms with Crippen LogP contribution in [-0.4, -0.2) is 47.8 Å². The second kappa shape index (κ2) is 6.10. The van der Waals surface area contributed by atoms with E-state index in [1.807, 2.05) is 17.2 Å². The number of hydrogen-bond donors (Lipinski definition) is 1. The van der Waals surface area contributed by atoms with E-state index in [1.54, 1.807) is 17.5 Å². The molecule has 0 unspecified atom stereocenters. The molecule has 2 heterocycles. The molecule has 0 spiro atoms. The van der Waals surface area contributed by atoms with Crippen molar-refractivity contribution in [2.24, 2.45) is 5.92 Å². The Kier molecular flexibility index (Phi) is 4.21. The number of aromatic nitrogens is 1. The maximum Gasteiger partial charge on any atom is 0.317 e. The topological polar surface area (TPSA) is 54.5 Å². The molecule has 110 valence electrons. The first-order valence-corrected chi connectivity index (χ1v) is 8.17. The van der Waals surface area contributed by atoms with E-state index in [2.05, 4.69) is 10.3 Å². The molecule has 2 aliphatic rings. The number of thiazole rings is 1. The zero-order valence-electron chi connectivity index (χ0n) is 11.7. The van der Waals surface area contributed by atoms with Crippen LogP contribution in [-0.2, 0) is 11.2 Å². The van der Waals surface area contributed by atoms with E-state index >= 15 is 0 Å². The van der Waals surface area contributed by atoms with E-state index in [4.69, 9.17) is 4.74 Å². The number of rotatable bonds is 4. The van der Waals surface area contributed by atoms with Gasteiger partial charge in [0.25, 0.3) is 0 Å². The Hall–Kier alpha value is -1.14. The summed E-state index contributed by atoms with van der Waals surface area (Å²) in [5.74, 6) is 0.670. The van der Waals surface area contributed by atoms with Crippen molar-refractivity contribution < 1.29 is 9.53 Å². The van der Waals surface area contributed by atoms with Gasteiger partial charge in [-0.15, -0.1) is 11.3 Å². The number of morpholine rings is 1. The molecule has 1 aliphatic carbocycles. The van der Waals surface area contributed by atoms with Gasteiger partial charge >= 0.3 is 6.03 Å². The lowest BCUT2D eigenvalue weighted by Gasteiger charge is -2.37. The molecule has 1 saturated heterocycles. The van der Waals surface area contributed by atoms with Gasteiger partial charge in [-0.3, -0.25) is 0 Å². The van der Waals surface area contributed by atoms with E-state index in [9.17, 15) is 4.79 Å². The lowest BCUT2D eigenvalue weighted by molar-refractivity contribution is -0.0730. The Bertz CT molecular complexity index is 447. The molecule has 1 aromatic rings. The Morgan fingerprint density at radius 3 is 3.10 bits per heavy atom. The molecule has 6 heteroatoms. The molecule has 1 aliphatic heterocycles. The number of hydrogen-bond acceptors (Lipinski definition) is 4. The van der Waals surface area contributed by atoms with Gasteiger partial charge < -0.3 is 15.0 Å². The quantitative estimate of drug-likeness (QED) is 0.923. The molecule has 1 N–H and O–H groups in total. The van der Waals surface area contributed by atoms with Crippen LogP contribution in [0.5, 0.6) is 0 Å². The molecule has 2 fully saturated rings. The summed E-state index contributed by atoms with van der Waals surface area (Å²) in [5, 5.41) is 6.01. The molecule has 0 bridgehead atoms. The van der Waals surface area contributed by atoms with Crippen LogP contribution >= 0.6 is 11.3 Å². The lowest BCUT2D eigenvalue weighted by Crippen LogP contribution is -2.53. The molecule has 0 radical (unpaired) electrons. The average Bonchev–Trinajstić information content (AvgIpc) is 3.16. The van der Waals surface area contributed by atoms with Gasteiger partial charge in [0.15, 0.2) is 0 Å². The largest absolute Gasteiger partial charge is 0.371 e. The predicted octanol–water partition coefficient (Wildman–Crippen LogP) is 1.89. The maximum absolute atomic E-state index is 12.2. The summed E-state index contributed by atoms with van der Waals surface area (Å²) in [6.07, 6.45) is 5.47. The van der Waals surface area contributed by atoms with Crippen molar-refractivity contribution in [3.8, 4) is 0 Å². The summed E-state index contributed by atoms with van der Waals surface area (Å²) in [7, 11) is 0. The van der Waals surface area contributed by atoms with E-state index in [0.717, 1.165) is 18.0 Å². The number of nitrogens with zero attached hydrogens (tertiary/aromatic N) is 2. The van der Waals surface area contributed by atoms with E-state index < -0.39 is 0 Å². The zero-order valence-corrected chi connectivity index (χ0v) is 12.6. The molecule has 1 saturated carbocycles. The van der Waals surface area contributed by atoms with E-state index in [-0.39, 0.29) is 18.2 Å². The fraction of sp³-hybridized carbons (Fsp3) is 0.714. The monoisotopic (exact) mass is 295 g/mol. The highest BCUT2D eigenvalue weighted by Crippen LogP contribution is 2.36. The number of urea groups is 1. The van der Waals surface area contributed by atoms with Gasteiger partial charge in [-0.25, -0.2) is 9.78 Å². The van der Waals surface area contributed by atoms with Crippen LogP contribution in [0.4, 0.5) is 4.79 Å². The fourth-order valence-corrected chi connectivity index (χ4v) is 3.27. The third-order valence-corrected chi connectivity index (χ3v) is 4.66. The third-order valence-electron chi connectivity index (χ3n) is 3.82. The normalized spacial score (nSPS) is 26.6.